The number of imidazole rings is 1. The third-order valence-corrected chi connectivity index (χ3v) is 7.07. The van der Waals surface area contributed by atoms with Crippen LogP contribution in [-0.2, 0) is 17.7 Å². The number of para-hydroxylation sites is 1. The van der Waals surface area contributed by atoms with Crippen LogP contribution in [0.4, 0.5) is 5.82 Å². The Morgan fingerprint density at radius 2 is 1.84 bits per heavy atom. The van der Waals surface area contributed by atoms with Crippen molar-refractivity contribution in [3.63, 3.8) is 0 Å². The van der Waals surface area contributed by atoms with Crippen LogP contribution in [0.15, 0.2) is 47.4 Å². The second kappa shape index (κ2) is 10.7. The van der Waals surface area contributed by atoms with Gasteiger partial charge in [0.05, 0.1) is 32.6 Å². The average molecular weight is 490 g/mol. The standard InChI is InChI=1S/C23H25Cl2N5OS/c1-31-14-11-19-29-20-21(15-7-2-3-10-18(15)28-23(20)26)30(19)13-5-4-12-27-32-22-16(24)8-6-9-17(22)25/h2-3,6-10,27H,4-5,11-14H2,1H3,(H2,26,28). The Morgan fingerprint density at radius 3 is 2.62 bits per heavy atom. The smallest absolute Gasteiger partial charge is 0.152 e. The minimum Gasteiger partial charge on any atom is -0.384 e. The normalized spacial score (nSPS) is 11.6. The Hall–Kier alpha value is -2.03. The fourth-order valence-corrected chi connectivity index (χ4v) is 5.05. The lowest BCUT2D eigenvalue weighted by Crippen LogP contribution is -2.10. The van der Waals surface area contributed by atoms with Crippen LogP contribution in [0.1, 0.15) is 18.7 Å². The quantitative estimate of drug-likeness (QED) is 0.218. The highest BCUT2D eigenvalue weighted by atomic mass is 35.5. The predicted molar refractivity (Wildman–Crippen MR) is 135 cm³/mol. The first kappa shape index (κ1) is 23.1. The number of hydrogen-bond acceptors (Lipinski definition) is 6. The summed E-state index contributed by atoms with van der Waals surface area (Å²) in [7, 11) is 1.70. The predicted octanol–water partition coefficient (Wildman–Crippen LogP) is 5.74. The fraction of sp³-hybridized carbons (Fsp3) is 0.304. The SMILES string of the molecule is COCCc1nc2c(N)nc3ccccc3c2n1CCCCNSc1c(Cl)cccc1Cl. The van der Waals surface area contributed by atoms with E-state index in [2.05, 4.69) is 20.3 Å². The molecular formula is C23H25Cl2N5OS. The Labute approximate surface area is 201 Å². The van der Waals surface area contributed by atoms with E-state index < -0.39 is 0 Å². The maximum Gasteiger partial charge on any atom is 0.152 e. The van der Waals surface area contributed by atoms with Crippen molar-refractivity contribution in [2.24, 2.45) is 0 Å². The molecule has 9 heteroatoms. The summed E-state index contributed by atoms with van der Waals surface area (Å²) in [6.07, 6.45) is 2.68. The van der Waals surface area contributed by atoms with Gasteiger partial charge >= 0.3 is 0 Å². The lowest BCUT2D eigenvalue weighted by Gasteiger charge is -2.11. The number of hydrogen-bond donors (Lipinski definition) is 2. The van der Waals surface area contributed by atoms with E-state index in [9.17, 15) is 0 Å². The molecule has 32 heavy (non-hydrogen) atoms. The van der Waals surface area contributed by atoms with Crippen LogP contribution < -0.4 is 10.5 Å². The summed E-state index contributed by atoms with van der Waals surface area (Å²) in [6.45, 7) is 2.27. The van der Waals surface area contributed by atoms with Crippen molar-refractivity contribution in [2.75, 3.05) is 26.0 Å². The van der Waals surface area contributed by atoms with E-state index in [-0.39, 0.29) is 0 Å². The highest BCUT2D eigenvalue weighted by molar-refractivity contribution is 7.97. The summed E-state index contributed by atoms with van der Waals surface area (Å²) in [6, 6.07) is 13.6. The molecule has 0 amide bonds. The van der Waals surface area contributed by atoms with Crippen LogP contribution in [-0.4, -0.2) is 34.8 Å². The first-order valence-corrected chi connectivity index (χ1v) is 12.0. The van der Waals surface area contributed by atoms with E-state index in [1.54, 1.807) is 7.11 Å². The van der Waals surface area contributed by atoms with Gasteiger partial charge < -0.3 is 15.0 Å². The van der Waals surface area contributed by atoms with Gasteiger partial charge in [-0.05, 0) is 43.0 Å². The Morgan fingerprint density at radius 1 is 1.06 bits per heavy atom. The number of fused-ring (bicyclic) bond motifs is 3. The number of unbranched alkanes of at least 4 members (excludes halogenated alkanes) is 1. The number of aryl methyl sites for hydroxylation is 1. The topological polar surface area (TPSA) is 78.0 Å². The van der Waals surface area contributed by atoms with Gasteiger partial charge in [0.15, 0.2) is 5.82 Å². The number of nitrogens with one attached hydrogen (secondary N) is 1. The molecule has 0 aliphatic rings. The molecule has 0 aliphatic carbocycles. The first-order chi connectivity index (χ1) is 15.6. The molecule has 0 saturated carbocycles. The molecule has 0 aliphatic heterocycles. The maximum absolute atomic E-state index is 6.25. The molecule has 168 valence electrons. The van der Waals surface area contributed by atoms with E-state index in [0.717, 1.165) is 65.0 Å². The number of nitrogen functional groups attached to an aromatic ring is 1. The van der Waals surface area contributed by atoms with Crippen LogP contribution in [0.25, 0.3) is 21.9 Å². The largest absolute Gasteiger partial charge is 0.384 e. The van der Waals surface area contributed by atoms with Gasteiger partial charge in [-0.1, -0.05) is 47.5 Å². The van der Waals surface area contributed by atoms with E-state index in [1.807, 2.05) is 36.4 Å². The number of anilines is 1. The van der Waals surface area contributed by atoms with E-state index in [4.69, 9.17) is 38.7 Å². The Balaban J connectivity index is 1.48. The van der Waals surface area contributed by atoms with E-state index in [0.29, 0.717) is 22.5 Å². The minimum atomic E-state index is 0.464. The summed E-state index contributed by atoms with van der Waals surface area (Å²) in [4.78, 5) is 10.2. The van der Waals surface area contributed by atoms with Gasteiger partial charge in [-0.2, -0.15) is 0 Å². The van der Waals surface area contributed by atoms with Crippen molar-refractivity contribution in [1.29, 1.82) is 0 Å². The molecule has 0 radical (unpaired) electrons. The van der Waals surface area contributed by atoms with Crippen LogP contribution in [0.5, 0.6) is 0 Å². The molecule has 0 fully saturated rings. The number of ether oxygens (including phenoxy) is 1. The van der Waals surface area contributed by atoms with Gasteiger partial charge in [-0.3, -0.25) is 4.72 Å². The van der Waals surface area contributed by atoms with Crippen molar-refractivity contribution in [3.8, 4) is 0 Å². The zero-order valence-electron chi connectivity index (χ0n) is 17.8. The maximum atomic E-state index is 6.25. The van der Waals surface area contributed by atoms with Crippen LogP contribution in [0, 0.1) is 0 Å². The molecule has 0 spiro atoms. The molecule has 0 bridgehead atoms. The molecule has 3 N–H and O–H groups in total. The number of nitrogens with zero attached hydrogens (tertiary/aromatic N) is 3. The summed E-state index contributed by atoms with van der Waals surface area (Å²) in [5, 5.41) is 2.37. The highest BCUT2D eigenvalue weighted by Gasteiger charge is 2.17. The first-order valence-electron chi connectivity index (χ1n) is 10.5. The number of rotatable bonds is 10. The molecule has 0 saturated heterocycles. The number of halogens is 2. The monoisotopic (exact) mass is 489 g/mol. The highest BCUT2D eigenvalue weighted by Crippen LogP contribution is 2.32. The number of pyridine rings is 1. The molecule has 2 aromatic carbocycles. The van der Waals surface area contributed by atoms with E-state index >= 15 is 0 Å². The van der Waals surface area contributed by atoms with Gasteiger partial charge in [0.1, 0.15) is 11.3 Å². The second-order valence-electron chi connectivity index (χ2n) is 7.39. The molecule has 4 rings (SSSR count). The molecule has 6 nitrogen and oxygen atoms in total. The molecular weight excluding hydrogens is 465 g/mol. The molecule has 0 atom stereocenters. The summed E-state index contributed by atoms with van der Waals surface area (Å²) >= 11 is 13.9. The van der Waals surface area contributed by atoms with Crippen molar-refractivity contribution in [2.45, 2.75) is 30.7 Å². The zero-order chi connectivity index (χ0) is 22.5. The van der Waals surface area contributed by atoms with Gasteiger partial charge in [-0.15, -0.1) is 0 Å². The molecule has 2 heterocycles. The second-order valence-corrected chi connectivity index (χ2v) is 9.10. The lowest BCUT2D eigenvalue weighted by atomic mass is 10.2. The van der Waals surface area contributed by atoms with Gasteiger partial charge in [0.2, 0.25) is 0 Å². The number of aromatic nitrogens is 3. The van der Waals surface area contributed by atoms with Crippen LogP contribution in [0.3, 0.4) is 0 Å². The van der Waals surface area contributed by atoms with Crippen molar-refractivity contribution in [3.05, 3.63) is 58.3 Å². The molecule has 4 aromatic rings. The van der Waals surface area contributed by atoms with Crippen molar-refractivity contribution >= 4 is 62.9 Å². The molecule has 2 aromatic heterocycles. The third kappa shape index (κ3) is 4.97. The van der Waals surface area contributed by atoms with Crippen molar-refractivity contribution < 1.29 is 4.74 Å². The fourth-order valence-electron chi connectivity index (χ4n) is 3.70. The van der Waals surface area contributed by atoms with Gasteiger partial charge in [0, 0.05) is 32.0 Å². The number of nitrogens with two attached hydrogens (primary N) is 1. The zero-order valence-corrected chi connectivity index (χ0v) is 20.1. The van der Waals surface area contributed by atoms with E-state index in [1.165, 1.54) is 11.9 Å². The Kier molecular flexibility index (Phi) is 7.75. The number of methoxy groups -OCH3 is 1. The Bertz CT molecular complexity index is 1210. The third-order valence-electron chi connectivity index (χ3n) is 5.22. The van der Waals surface area contributed by atoms with Gasteiger partial charge in [-0.25, -0.2) is 9.97 Å². The van der Waals surface area contributed by atoms with Crippen molar-refractivity contribution in [1.82, 2.24) is 19.3 Å². The van der Waals surface area contributed by atoms with Gasteiger partial charge in [0.25, 0.3) is 0 Å². The summed E-state index contributed by atoms with van der Waals surface area (Å²) < 4.78 is 10.9. The average Bonchev–Trinajstić information content (AvgIpc) is 3.15. The minimum absolute atomic E-state index is 0.464. The summed E-state index contributed by atoms with van der Waals surface area (Å²) in [5.41, 5.74) is 8.94. The number of benzene rings is 2. The van der Waals surface area contributed by atoms with Crippen LogP contribution >= 0.6 is 35.1 Å². The lowest BCUT2D eigenvalue weighted by molar-refractivity contribution is 0.199. The molecule has 0 unspecified atom stereocenters. The van der Waals surface area contributed by atoms with Crippen LogP contribution in [0.2, 0.25) is 10.0 Å². The summed E-state index contributed by atoms with van der Waals surface area (Å²) in [5.74, 6) is 1.43.